The van der Waals surface area contributed by atoms with Crippen molar-refractivity contribution in [1.29, 1.82) is 0 Å². The standard InChI is InChI=1S/C49H31N3O/c1-2-11-36(12-3-1)51(49-16-8-9-27-50-49)37-23-26-47-44(31-37)41-24-20-35(29-48(41)53-47)34-21-25-46-43(28-34)40-14-6-7-15-45(40)52(46)38-22-19-33-18-17-32-10-4-5-13-39(32)42(33)30-38/h1-31H. The van der Waals surface area contributed by atoms with Crippen molar-refractivity contribution in [2.75, 3.05) is 4.90 Å². The van der Waals surface area contributed by atoms with Crippen molar-refractivity contribution in [2.45, 2.75) is 0 Å². The number of hydrogen-bond donors (Lipinski definition) is 0. The monoisotopic (exact) mass is 677 g/mol. The van der Waals surface area contributed by atoms with Crippen molar-refractivity contribution >= 4 is 82.5 Å². The Kier molecular flexibility index (Phi) is 6.52. The van der Waals surface area contributed by atoms with Gasteiger partial charge in [-0.3, -0.25) is 4.90 Å². The van der Waals surface area contributed by atoms with Gasteiger partial charge in [-0.15, -0.1) is 0 Å². The highest BCUT2D eigenvalue weighted by atomic mass is 16.3. The van der Waals surface area contributed by atoms with Crippen LogP contribution in [0.5, 0.6) is 0 Å². The molecule has 0 atom stereocenters. The molecule has 0 aliphatic carbocycles. The summed E-state index contributed by atoms with van der Waals surface area (Å²) in [6.45, 7) is 0. The molecule has 4 heteroatoms. The summed E-state index contributed by atoms with van der Waals surface area (Å²) in [4.78, 5) is 6.87. The number of anilines is 3. The second-order valence-corrected chi connectivity index (χ2v) is 13.6. The number of fused-ring (bicyclic) bond motifs is 9. The van der Waals surface area contributed by atoms with Gasteiger partial charge in [-0.25, -0.2) is 4.98 Å². The second-order valence-electron chi connectivity index (χ2n) is 13.6. The van der Waals surface area contributed by atoms with E-state index in [4.69, 9.17) is 9.40 Å². The van der Waals surface area contributed by atoms with Crippen LogP contribution < -0.4 is 4.90 Å². The smallest absolute Gasteiger partial charge is 0.137 e. The lowest BCUT2D eigenvalue weighted by Gasteiger charge is -2.24. The van der Waals surface area contributed by atoms with Gasteiger partial charge in [0.1, 0.15) is 17.0 Å². The third kappa shape index (κ3) is 4.73. The van der Waals surface area contributed by atoms with Crippen molar-refractivity contribution in [3.05, 3.63) is 188 Å². The number of benzene rings is 8. The van der Waals surface area contributed by atoms with Gasteiger partial charge in [0.15, 0.2) is 0 Å². The van der Waals surface area contributed by atoms with Gasteiger partial charge < -0.3 is 8.98 Å². The van der Waals surface area contributed by atoms with Crippen LogP contribution in [0, 0.1) is 0 Å². The zero-order valence-corrected chi connectivity index (χ0v) is 28.6. The Morgan fingerprint density at radius 1 is 0.415 bits per heavy atom. The van der Waals surface area contributed by atoms with Crippen molar-refractivity contribution in [2.24, 2.45) is 0 Å². The number of aromatic nitrogens is 2. The number of pyridine rings is 1. The largest absolute Gasteiger partial charge is 0.456 e. The minimum Gasteiger partial charge on any atom is -0.456 e. The summed E-state index contributed by atoms with van der Waals surface area (Å²) in [7, 11) is 0. The number of hydrogen-bond acceptors (Lipinski definition) is 3. The van der Waals surface area contributed by atoms with Crippen LogP contribution in [0.2, 0.25) is 0 Å². The van der Waals surface area contributed by atoms with Gasteiger partial charge in [-0.2, -0.15) is 0 Å². The average Bonchev–Trinajstić information content (AvgIpc) is 3.76. The normalized spacial score (nSPS) is 11.8. The molecule has 0 aliphatic heterocycles. The first kappa shape index (κ1) is 29.5. The molecular formula is C49H31N3O. The topological polar surface area (TPSA) is 34.2 Å². The Bertz CT molecular complexity index is 3140. The molecule has 53 heavy (non-hydrogen) atoms. The van der Waals surface area contributed by atoms with Crippen molar-refractivity contribution in [1.82, 2.24) is 9.55 Å². The van der Waals surface area contributed by atoms with E-state index in [0.717, 1.165) is 55.9 Å². The SMILES string of the molecule is c1ccc(N(c2ccc3oc4cc(-c5ccc6c(c5)c5ccccc5n6-c5ccc6ccc7ccccc7c6c5)ccc4c3c2)c2ccccn2)cc1. The fraction of sp³-hybridized carbons (Fsp3) is 0. The summed E-state index contributed by atoms with van der Waals surface area (Å²) in [5, 5.41) is 9.65. The van der Waals surface area contributed by atoms with Crippen LogP contribution in [0.15, 0.2) is 193 Å². The third-order valence-electron chi connectivity index (χ3n) is 10.6. The van der Waals surface area contributed by atoms with E-state index in [1.54, 1.807) is 0 Å². The highest BCUT2D eigenvalue weighted by molar-refractivity contribution is 6.13. The molecule has 0 saturated carbocycles. The van der Waals surface area contributed by atoms with Crippen LogP contribution in [0.4, 0.5) is 17.2 Å². The van der Waals surface area contributed by atoms with Crippen LogP contribution in [-0.4, -0.2) is 9.55 Å². The summed E-state index contributed by atoms with van der Waals surface area (Å²) in [6.07, 6.45) is 1.83. The maximum absolute atomic E-state index is 6.51. The van der Waals surface area contributed by atoms with E-state index in [9.17, 15) is 0 Å². The number of rotatable bonds is 5. The van der Waals surface area contributed by atoms with Gasteiger partial charge in [0.25, 0.3) is 0 Å². The summed E-state index contributed by atoms with van der Waals surface area (Å²) in [5.41, 5.74) is 9.60. The first-order chi connectivity index (χ1) is 26.3. The highest BCUT2D eigenvalue weighted by Crippen LogP contribution is 2.40. The summed E-state index contributed by atoms with van der Waals surface area (Å²) in [5.74, 6) is 0.860. The van der Waals surface area contributed by atoms with E-state index in [-0.39, 0.29) is 0 Å². The Balaban J connectivity index is 1.02. The molecule has 0 bridgehead atoms. The maximum atomic E-state index is 6.51. The average molecular weight is 678 g/mol. The van der Waals surface area contributed by atoms with Crippen LogP contribution in [0.3, 0.4) is 0 Å². The Morgan fingerprint density at radius 3 is 2.04 bits per heavy atom. The zero-order chi connectivity index (χ0) is 34.9. The van der Waals surface area contributed by atoms with Gasteiger partial charge >= 0.3 is 0 Å². The lowest BCUT2D eigenvalue weighted by molar-refractivity contribution is 0.669. The van der Waals surface area contributed by atoms with E-state index in [1.165, 1.54) is 43.4 Å². The first-order valence-electron chi connectivity index (χ1n) is 17.9. The lowest BCUT2D eigenvalue weighted by Crippen LogP contribution is -2.11. The van der Waals surface area contributed by atoms with E-state index < -0.39 is 0 Å². The molecule has 0 fully saturated rings. The predicted octanol–water partition coefficient (Wildman–Crippen LogP) is 13.5. The molecule has 0 spiro atoms. The molecule has 11 rings (SSSR count). The zero-order valence-electron chi connectivity index (χ0n) is 28.6. The van der Waals surface area contributed by atoms with E-state index in [0.29, 0.717) is 0 Å². The lowest BCUT2D eigenvalue weighted by atomic mass is 10.0. The van der Waals surface area contributed by atoms with E-state index in [1.807, 2.05) is 30.5 Å². The van der Waals surface area contributed by atoms with Crippen LogP contribution in [0.25, 0.3) is 82.1 Å². The van der Waals surface area contributed by atoms with Crippen LogP contribution in [-0.2, 0) is 0 Å². The summed E-state index contributed by atoms with van der Waals surface area (Å²) >= 11 is 0. The molecule has 0 saturated heterocycles. The molecule has 248 valence electrons. The predicted molar refractivity (Wildman–Crippen MR) is 221 cm³/mol. The molecule has 0 radical (unpaired) electrons. The Labute approximate surface area is 305 Å². The fourth-order valence-electron chi connectivity index (χ4n) is 8.12. The number of nitrogens with zero attached hydrogens (tertiary/aromatic N) is 3. The molecule has 4 nitrogen and oxygen atoms in total. The Hall–Kier alpha value is -7.17. The van der Waals surface area contributed by atoms with Crippen molar-refractivity contribution < 1.29 is 4.42 Å². The molecule has 0 amide bonds. The van der Waals surface area contributed by atoms with Gasteiger partial charge in [0, 0.05) is 44.8 Å². The van der Waals surface area contributed by atoms with E-state index >= 15 is 0 Å². The molecule has 0 unspecified atom stereocenters. The van der Waals surface area contributed by atoms with Crippen molar-refractivity contribution in [3.63, 3.8) is 0 Å². The minimum atomic E-state index is 0.858. The van der Waals surface area contributed by atoms with Crippen LogP contribution in [0.1, 0.15) is 0 Å². The second kappa shape index (κ2) is 11.7. The molecular weight excluding hydrogens is 647 g/mol. The Morgan fingerprint density at radius 2 is 1.15 bits per heavy atom. The summed E-state index contributed by atoms with van der Waals surface area (Å²) in [6, 6.07) is 64.8. The quantitative estimate of drug-likeness (QED) is 0.170. The molecule has 0 N–H and O–H groups in total. The molecule has 3 aromatic heterocycles. The maximum Gasteiger partial charge on any atom is 0.137 e. The van der Waals surface area contributed by atoms with Gasteiger partial charge in [-0.1, -0.05) is 97.1 Å². The van der Waals surface area contributed by atoms with Gasteiger partial charge in [0.2, 0.25) is 0 Å². The van der Waals surface area contributed by atoms with E-state index in [2.05, 4.69) is 167 Å². The molecule has 0 aliphatic rings. The highest BCUT2D eigenvalue weighted by Gasteiger charge is 2.18. The fourth-order valence-corrected chi connectivity index (χ4v) is 8.12. The number of para-hydroxylation sites is 2. The van der Waals surface area contributed by atoms with Crippen molar-refractivity contribution in [3.8, 4) is 16.8 Å². The molecule has 8 aromatic carbocycles. The molecule has 3 heterocycles. The van der Waals surface area contributed by atoms with Crippen LogP contribution >= 0.6 is 0 Å². The minimum absolute atomic E-state index is 0.858. The van der Waals surface area contributed by atoms with Gasteiger partial charge in [-0.05, 0) is 118 Å². The number of furan rings is 1. The van der Waals surface area contributed by atoms with Gasteiger partial charge in [0.05, 0.1) is 11.0 Å². The first-order valence-corrected chi connectivity index (χ1v) is 17.9. The third-order valence-corrected chi connectivity index (χ3v) is 10.6. The molecule has 11 aromatic rings. The summed E-state index contributed by atoms with van der Waals surface area (Å²) < 4.78 is 8.91.